The molecule has 0 unspecified atom stereocenters. The second-order valence-electron chi connectivity index (χ2n) is 5.48. The van der Waals surface area contributed by atoms with E-state index in [0.717, 1.165) is 25.9 Å². The third kappa shape index (κ3) is 3.93. The first kappa shape index (κ1) is 16.9. The van der Waals surface area contributed by atoms with Crippen molar-refractivity contribution in [3.63, 3.8) is 0 Å². The molecule has 1 N–H and O–H groups in total. The molecule has 0 atom stereocenters. The van der Waals surface area contributed by atoms with Crippen LogP contribution in [0.15, 0.2) is 18.3 Å². The van der Waals surface area contributed by atoms with Crippen LogP contribution in [-0.4, -0.2) is 53.2 Å². The normalized spacial score (nSPS) is 13.6. The minimum atomic E-state index is -0.313. The molecule has 1 fully saturated rings. The zero-order chi connectivity index (χ0) is 17.6. The Morgan fingerprint density at radius 1 is 1.20 bits per heavy atom. The highest BCUT2D eigenvalue weighted by molar-refractivity contribution is 5.96. The zero-order valence-electron chi connectivity index (χ0n) is 14.2. The Morgan fingerprint density at radius 2 is 2.00 bits per heavy atom. The molecule has 3 rings (SSSR count). The molecule has 9 nitrogen and oxygen atoms in total. The number of aromatic nitrogens is 4. The quantitative estimate of drug-likeness (QED) is 0.821. The monoisotopic (exact) mass is 344 g/mol. The molecule has 0 saturated carbocycles. The fraction of sp³-hybridized carbons (Fsp3) is 0.438. The van der Waals surface area contributed by atoms with Gasteiger partial charge in [0.25, 0.3) is 5.91 Å². The number of rotatable bonds is 6. The smallest absolute Gasteiger partial charge is 0.321 e. The molecule has 25 heavy (non-hydrogen) atoms. The van der Waals surface area contributed by atoms with Gasteiger partial charge < -0.3 is 19.7 Å². The summed E-state index contributed by atoms with van der Waals surface area (Å²) < 4.78 is 10.3. The summed E-state index contributed by atoms with van der Waals surface area (Å²) in [6.45, 7) is 1.97. The first-order chi connectivity index (χ1) is 12.2. The van der Waals surface area contributed by atoms with Crippen LogP contribution in [0.2, 0.25) is 0 Å². The maximum Gasteiger partial charge on any atom is 0.321 e. The van der Waals surface area contributed by atoms with E-state index in [-0.39, 0.29) is 24.3 Å². The van der Waals surface area contributed by atoms with Gasteiger partial charge in [0.1, 0.15) is 5.56 Å². The van der Waals surface area contributed by atoms with E-state index in [1.54, 1.807) is 18.3 Å². The molecule has 0 spiro atoms. The van der Waals surface area contributed by atoms with Crippen molar-refractivity contribution in [3.05, 3.63) is 29.7 Å². The standard InChI is InChI=1S/C16H20N6O3/c1-24-14-11(6-5-7-17-14)13(23)18-10-12-19-15(21-16(20-12)25-2)22-8-3-4-9-22/h5-7H,3-4,8-10H2,1-2H3,(H,18,23). The van der Waals surface area contributed by atoms with Crippen molar-refractivity contribution in [1.82, 2.24) is 25.3 Å². The fourth-order valence-electron chi connectivity index (χ4n) is 2.60. The average Bonchev–Trinajstić information content (AvgIpc) is 3.20. The van der Waals surface area contributed by atoms with E-state index in [2.05, 4.69) is 30.2 Å². The topological polar surface area (TPSA) is 102 Å². The number of carbonyl (C=O) groups is 1. The molecule has 1 aliphatic rings. The maximum absolute atomic E-state index is 12.3. The minimum Gasteiger partial charge on any atom is -0.480 e. The van der Waals surface area contributed by atoms with Crippen LogP contribution in [0.3, 0.4) is 0 Å². The van der Waals surface area contributed by atoms with Gasteiger partial charge in [0.2, 0.25) is 11.8 Å². The minimum absolute atomic E-state index is 0.149. The SMILES string of the molecule is COc1nc(CNC(=O)c2cccnc2OC)nc(N2CCCC2)n1. The van der Waals surface area contributed by atoms with Crippen LogP contribution in [0.1, 0.15) is 29.0 Å². The van der Waals surface area contributed by atoms with Gasteiger partial charge in [-0.05, 0) is 25.0 Å². The van der Waals surface area contributed by atoms with Crippen LogP contribution >= 0.6 is 0 Å². The summed E-state index contributed by atoms with van der Waals surface area (Å²) in [5, 5.41) is 2.77. The lowest BCUT2D eigenvalue weighted by molar-refractivity contribution is 0.0946. The number of pyridine rings is 1. The zero-order valence-corrected chi connectivity index (χ0v) is 14.2. The maximum atomic E-state index is 12.3. The first-order valence-corrected chi connectivity index (χ1v) is 8.02. The number of carbonyl (C=O) groups excluding carboxylic acids is 1. The van der Waals surface area contributed by atoms with Crippen LogP contribution < -0.4 is 19.7 Å². The molecule has 132 valence electrons. The summed E-state index contributed by atoms with van der Waals surface area (Å²) in [6, 6.07) is 3.56. The molecule has 0 radical (unpaired) electrons. The predicted octanol–water partition coefficient (Wildman–Crippen LogP) is 0.814. The molecule has 1 saturated heterocycles. The van der Waals surface area contributed by atoms with Crippen LogP contribution in [-0.2, 0) is 6.54 Å². The number of nitrogens with zero attached hydrogens (tertiary/aromatic N) is 5. The lowest BCUT2D eigenvalue weighted by Gasteiger charge is -2.16. The summed E-state index contributed by atoms with van der Waals surface area (Å²) in [7, 11) is 2.98. The van der Waals surface area contributed by atoms with Crippen molar-refractivity contribution in [2.75, 3.05) is 32.2 Å². The number of ether oxygens (including phenoxy) is 2. The number of amides is 1. The average molecular weight is 344 g/mol. The number of anilines is 1. The van der Waals surface area contributed by atoms with Crippen molar-refractivity contribution >= 4 is 11.9 Å². The van der Waals surface area contributed by atoms with Gasteiger partial charge in [0.05, 0.1) is 20.8 Å². The summed E-state index contributed by atoms with van der Waals surface area (Å²) in [6.07, 6.45) is 3.79. The lowest BCUT2D eigenvalue weighted by atomic mass is 10.2. The van der Waals surface area contributed by atoms with Crippen molar-refractivity contribution in [1.29, 1.82) is 0 Å². The Hall–Kier alpha value is -2.97. The third-order valence-electron chi connectivity index (χ3n) is 3.84. The Bertz CT molecular complexity index is 748. The van der Waals surface area contributed by atoms with Gasteiger partial charge in [-0.2, -0.15) is 15.0 Å². The molecule has 2 aromatic heterocycles. The van der Waals surface area contributed by atoms with Crippen LogP contribution in [0.25, 0.3) is 0 Å². The van der Waals surface area contributed by atoms with Gasteiger partial charge in [-0.1, -0.05) is 0 Å². The Balaban J connectivity index is 1.73. The summed E-state index contributed by atoms with van der Waals surface area (Å²) in [5.41, 5.74) is 0.353. The molecule has 9 heteroatoms. The van der Waals surface area contributed by atoms with E-state index in [4.69, 9.17) is 9.47 Å². The highest BCUT2D eigenvalue weighted by Crippen LogP contribution is 2.18. The lowest BCUT2D eigenvalue weighted by Crippen LogP contribution is -2.26. The van der Waals surface area contributed by atoms with Crippen molar-refractivity contribution in [2.45, 2.75) is 19.4 Å². The fourth-order valence-corrected chi connectivity index (χ4v) is 2.60. The van der Waals surface area contributed by atoms with Gasteiger partial charge in [-0.3, -0.25) is 4.79 Å². The number of hydrogen-bond donors (Lipinski definition) is 1. The van der Waals surface area contributed by atoms with Crippen LogP contribution in [0.4, 0.5) is 5.95 Å². The predicted molar refractivity (Wildman–Crippen MR) is 89.8 cm³/mol. The van der Waals surface area contributed by atoms with E-state index in [1.165, 1.54) is 14.2 Å². The molecule has 0 aliphatic carbocycles. The second-order valence-corrected chi connectivity index (χ2v) is 5.48. The Kier molecular flexibility index (Phi) is 5.22. The van der Waals surface area contributed by atoms with Gasteiger partial charge in [-0.15, -0.1) is 0 Å². The summed E-state index contributed by atoms with van der Waals surface area (Å²) in [5.74, 6) is 0.968. The number of nitrogens with one attached hydrogen (secondary N) is 1. The van der Waals surface area contributed by atoms with Gasteiger partial charge in [0.15, 0.2) is 5.82 Å². The number of hydrogen-bond acceptors (Lipinski definition) is 8. The molecule has 0 aromatic carbocycles. The van der Waals surface area contributed by atoms with E-state index in [9.17, 15) is 4.79 Å². The van der Waals surface area contributed by atoms with Crippen molar-refractivity contribution in [2.24, 2.45) is 0 Å². The largest absolute Gasteiger partial charge is 0.480 e. The number of methoxy groups -OCH3 is 2. The molecular formula is C16H20N6O3. The molecule has 1 amide bonds. The van der Waals surface area contributed by atoms with E-state index in [0.29, 0.717) is 17.3 Å². The van der Waals surface area contributed by atoms with Gasteiger partial charge in [0, 0.05) is 19.3 Å². The molecule has 0 bridgehead atoms. The van der Waals surface area contributed by atoms with E-state index >= 15 is 0 Å². The molecule has 3 heterocycles. The Labute approximate surface area is 145 Å². The second kappa shape index (κ2) is 7.73. The van der Waals surface area contributed by atoms with Crippen LogP contribution in [0, 0.1) is 0 Å². The summed E-state index contributed by atoms with van der Waals surface area (Å²) >= 11 is 0. The Morgan fingerprint density at radius 3 is 2.72 bits per heavy atom. The van der Waals surface area contributed by atoms with Gasteiger partial charge in [-0.25, -0.2) is 4.98 Å². The first-order valence-electron chi connectivity index (χ1n) is 8.02. The molecule has 2 aromatic rings. The van der Waals surface area contributed by atoms with E-state index < -0.39 is 0 Å². The summed E-state index contributed by atoms with van der Waals surface area (Å²) in [4.78, 5) is 31.4. The molecule has 1 aliphatic heterocycles. The molecular weight excluding hydrogens is 324 g/mol. The van der Waals surface area contributed by atoms with E-state index in [1.807, 2.05) is 0 Å². The highest BCUT2D eigenvalue weighted by atomic mass is 16.5. The van der Waals surface area contributed by atoms with Crippen molar-refractivity contribution in [3.8, 4) is 11.9 Å². The highest BCUT2D eigenvalue weighted by Gasteiger charge is 2.18. The van der Waals surface area contributed by atoms with Crippen molar-refractivity contribution < 1.29 is 14.3 Å². The van der Waals surface area contributed by atoms with Gasteiger partial charge >= 0.3 is 6.01 Å². The van der Waals surface area contributed by atoms with Crippen LogP contribution in [0.5, 0.6) is 11.9 Å². The third-order valence-corrected chi connectivity index (χ3v) is 3.84.